The predicted molar refractivity (Wildman–Crippen MR) is 84.0 cm³/mol. The van der Waals surface area contributed by atoms with Gasteiger partial charge in [0.15, 0.2) is 0 Å². The summed E-state index contributed by atoms with van der Waals surface area (Å²) in [6.45, 7) is 0. The van der Waals surface area contributed by atoms with Crippen molar-refractivity contribution in [3.05, 3.63) is 54.6 Å². The van der Waals surface area contributed by atoms with Crippen LogP contribution in [0, 0.1) is 0 Å². The molecule has 0 amide bonds. The van der Waals surface area contributed by atoms with Crippen LogP contribution in [0.15, 0.2) is 34.1 Å². The molecule has 1 unspecified atom stereocenters. The van der Waals surface area contributed by atoms with E-state index in [9.17, 15) is 0 Å². The normalized spacial score (nSPS) is 12.7. The number of nitrogens with one attached hydrogen (secondary N) is 1. The third kappa shape index (κ3) is 3.09. The van der Waals surface area contributed by atoms with Crippen LogP contribution in [0.1, 0.15) is 16.5 Å². The molecule has 96 valence electrons. The van der Waals surface area contributed by atoms with E-state index in [0.29, 0.717) is 10.0 Å². The van der Waals surface area contributed by atoms with Gasteiger partial charge >= 0.3 is 0 Å². The van der Waals surface area contributed by atoms with E-state index in [1.807, 2.05) is 19.2 Å². The molecule has 0 saturated carbocycles. The SMILES string of the molecule is CNC(Cc1sccc1Br)c1cccc(Cl)c1Cl. The van der Waals surface area contributed by atoms with Crippen molar-refractivity contribution in [3.63, 3.8) is 0 Å². The monoisotopic (exact) mass is 363 g/mol. The first-order valence-corrected chi connectivity index (χ1v) is 7.89. The van der Waals surface area contributed by atoms with Crippen molar-refractivity contribution in [2.24, 2.45) is 0 Å². The van der Waals surface area contributed by atoms with E-state index in [-0.39, 0.29) is 6.04 Å². The van der Waals surface area contributed by atoms with Crippen LogP contribution in [-0.4, -0.2) is 7.05 Å². The van der Waals surface area contributed by atoms with Gasteiger partial charge in [-0.05, 0) is 46.1 Å². The van der Waals surface area contributed by atoms with Gasteiger partial charge in [-0.1, -0.05) is 35.3 Å². The molecule has 18 heavy (non-hydrogen) atoms. The van der Waals surface area contributed by atoms with Gasteiger partial charge in [0.1, 0.15) is 0 Å². The van der Waals surface area contributed by atoms with E-state index in [1.165, 1.54) is 4.88 Å². The quantitative estimate of drug-likeness (QED) is 0.773. The molecule has 0 radical (unpaired) electrons. The van der Waals surface area contributed by atoms with Crippen LogP contribution in [0.3, 0.4) is 0 Å². The number of thiophene rings is 1. The summed E-state index contributed by atoms with van der Waals surface area (Å²) >= 11 is 17.6. The van der Waals surface area contributed by atoms with Crippen LogP contribution in [-0.2, 0) is 6.42 Å². The fraction of sp³-hybridized carbons (Fsp3) is 0.231. The Morgan fingerprint density at radius 2 is 2.11 bits per heavy atom. The highest BCUT2D eigenvalue weighted by Crippen LogP contribution is 2.33. The number of hydrogen-bond acceptors (Lipinski definition) is 2. The van der Waals surface area contributed by atoms with Gasteiger partial charge in [0.05, 0.1) is 10.0 Å². The summed E-state index contributed by atoms with van der Waals surface area (Å²) in [6.07, 6.45) is 0.884. The van der Waals surface area contributed by atoms with Crippen molar-refractivity contribution in [1.29, 1.82) is 0 Å². The van der Waals surface area contributed by atoms with Crippen molar-refractivity contribution >= 4 is 50.5 Å². The lowest BCUT2D eigenvalue weighted by atomic mass is 10.0. The van der Waals surface area contributed by atoms with Crippen molar-refractivity contribution in [3.8, 4) is 0 Å². The molecule has 1 heterocycles. The lowest BCUT2D eigenvalue weighted by molar-refractivity contribution is 0.596. The molecule has 0 aliphatic rings. The van der Waals surface area contributed by atoms with Gasteiger partial charge in [0.2, 0.25) is 0 Å². The van der Waals surface area contributed by atoms with Crippen LogP contribution in [0.2, 0.25) is 10.0 Å². The average molecular weight is 365 g/mol. The minimum atomic E-state index is 0.158. The molecule has 1 aromatic carbocycles. The number of hydrogen-bond donors (Lipinski definition) is 1. The molecule has 5 heteroatoms. The molecule has 1 atom stereocenters. The average Bonchev–Trinajstić information content (AvgIpc) is 2.76. The maximum absolute atomic E-state index is 6.27. The summed E-state index contributed by atoms with van der Waals surface area (Å²) in [5.41, 5.74) is 1.03. The van der Waals surface area contributed by atoms with E-state index < -0.39 is 0 Å². The van der Waals surface area contributed by atoms with Crippen LogP contribution >= 0.6 is 50.5 Å². The lowest BCUT2D eigenvalue weighted by Gasteiger charge is -2.18. The Morgan fingerprint density at radius 1 is 1.33 bits per heavy atom. The molecular formula is C13H12BrCl2NS. The minimum absolute atomic E-state index is 0.158. The molecule has 0 spiro atoms. The third-order valence-corrected chi connectivity index (χ3v) is 5.57. The molecule has 1 N–H and O–H groups in total. The van der Waals surface area contributed by atoms with E-state index >= 15 is 0 Å². The molecule has 0 fully saturated rings. The van der Waals surface area contributed by atoms with Gasteiger partial charge in [-0.3, -0.25) is 0 Å². The highest BCUT2D eigenvalue weighted by molar-refractivity contribution is 9.10. The van der Waals surface area contributed by atoms with Crippen molar-refractivity contribution in [2.45, 2.75) is 12.5 Å². The zero-order chi connectivity index (χ0) is 13.1. The highest BCUT2D eigenvalue weighted by atomic mass is 79.9. The molecule has 0 bridgehead atoms. The Morgan fingerprint density at radius 3 is 2.72 bits per heavy atom. The van der Waals surface area contributed by atoms with E-state index in [4.69, 9.17) is 23.2 Å². The first-order chi connectivity index (χ1) is 8.63. The topological polar surface area (TPSA) is 12.0 Å². The van der Waals surface area contributed by atoms with Gasteiger partial charge < -0.3 is 5.32 Å². The summed E-state index contributed by atoms with van der Waals surface area (Å²) < 4.78 is 1.14. The summed E-state index contributed by atoms with van der Waals surface area (Å²) in [4.78, 5) is 1.30. The summed E-state index contributed by atoms with van der Waals surface area (Å²) in [7, 11) is 1.93. The van der Waals surface area contributed by atoms with Crippen LogP contribution in [0.4, 0.5) is 0 Å². The van der Waals surface area contributed by atoms with Gasteiger partial charge in [-0.25, -0.2) is 0 Å². The Kier molecular flexibility index (Phi) is 5.10. The Labute approximate surface area is 129 Å². The second-order valence-corrected chi connectivity index (χ2v) is 6.52. The van der Waals surface area contributed by atoms with E-state index in [1.54, 1.807) is 17.4 Å². The van der Waals surface area contributed by atoms with Gasteiger partial charge in [0.25, 0.3) is 0 Å². The van der Waals surface area contributed by atoms with E-state index in [0.717, 1.165) is 16.5 Å². The Balaban J connectivity index is 2.29. The first kappa shape index (κ1) is 14.4. The van der Waals surface area contributed by atoms with E-state index in [2.05, 4.69) is 32.7 Å². The van der Waals surface area contributed by atoms with Crippen LogP contribution in [0.5, 0.6) is 0 Å². The number of rotatable bonds is 4. The molecule has 0 aliphatic heterocycles. The zero-order valence-corrected chi connectivity index (χ0v) is 13.6. The third-order valence-electron chi connectivity index (χ3n) is 2.79. The predicted octanol–water partition coefficient (Wildman–Crippen LogP) is 5.32. The maximum atomic E-state index is 6.27. The van der Waals surface area contributed by atoms with Crippen molar-refractivity contribution in [2.75, 3.05) is 7.05 Å². The second kappa shape index (κ2) is 6.40. The molecule has 0 aliphatic carbocycles. The largest absolute Gasteiger partial charge is 0.313 e. The fourth-order valence-electron chi connectivity index (χ4n) is 1.81. The number of halogens is 3. The minimum Gasteiger partial charge on any atom is -0.313 e. The maximum Gasteiger partial charge on any atom is 0.0640 e. The number of likely N-dealkylation sites (N-methyl/N-ethyl adjacent to an activating group) is 1. The standard InChI is InChI=1S/C13H12BrCl2NS/c1-17-11(7-12-9(14)5-6-18-12)8-3-2-4-10(15)13(8)16/h2-6,11,17H,7H2,1H3. The van der Waals surface area contributed by atoms with Gasteiger partial charge in [0, 0.05) is 21.8 Å². The molecule has 0 saturated heterocycles. The Bertz CT molecular complexity index is 542. The van der Waals surface area contributed by atoms with Gasteiger partial charge in [-0.2, -0.15) is 0 Å². The molecule has 2 rings (SSSR count). The molecule has 1 nitrogen and oxygen atoms in total. The fourth-order valence-corrected chi connectivity index (χ4v) is 3.81. The van der Waals surface area contributed by atoms with Crippen molar-refractivity contribution < 1.29 is 0 Å². The summed E-state index contributed by atoms with van der Waals surface area (Å²) in [5.74, 6) is 0. The summed E-state index contributed by atoms with van der Waals surface area (Å²) in [6, 6.07) is 7.97. The zero-order valence-electron chi connectivity index (χ0n) is 9.71. The Hall–Kier alpha value is -0.0600. The first-order valence-electron chi connectivity index (χ1n) is 5.46. The smallest absolute Gasteiger partial charge is 0.0640 e. The second-order valence-electron chi connectivity index (χ2n) is 3.88. The number of benzene rings is 1. The molecular weight excluding hydrogens is 353 g/mol. The van der Waals surface area contributed by atoms with Crippen LogP contribution in [0.25, 0.3) is 0 Å². The lowest BCUT2D eigenvalue weighted by Crippen LogP contribution is -2.19. The van der Waals surface area contributed by atoms with Crippen molar-refractivity contribution in [1.82, 2.24) is 5.32 Å². The summed E-state index contributed by atoms with van der Waals surface area (Å²) in [5, 5.41) is 6.60. The molecule has 2 aromatic rings. The molecule has 1 aromatic heterocycles. The highest BCUT2D eigenvalue weighted by Gasteiger charge is 2.17. The van der Waals surface area contributed by atoms with Gasteiger partial charge in [-0.15, -0.1) is 11.3 Å². The van der Waals surface area contributed by atoms with Crippen LogP contribution < -0.4 is 5.32 Å².